The molecule has 5 nitrogen and oxygen atoms in total. The number of nitrogens with zero attached hydrogens (tertiary/aromatic N) is 1. The molecule has 3 aromatic rings. The Balaban J connectivity index is 1.60. The first-order valence-corrected chi connectivity index (χ1v) is 8.21. The lowest BCUT2D eigenvalue weighted by Gasteiger charge is -2.13. The predicted octanol–water partition coefficient (Wildman–Crippen LogP) is 3.86. The van der Waals surface area contributed by atoms with Crippen molar-refractivity contribution in [3.8, 4) is 11.5 Å². The molecule has 0 saturated heterocycles. The number of ether oxygens (including phenoxy) is 2. The van der Waals surface area contributed by atoms with Crippen LogP contribution in [0.15, 0.2) is 59.1 Å². The van der Waals surface area contributed by atoms with Gasteiger partial charge in [0.1, 0.15) is 12.4 Å². The molecule has 0 amide bonds. The highest BCUT2D eigenvalue weighted by Gasteiger charge is 2.07. The molecule has 0 saturated carbocycles. The molecule has 2 aromatic carbocycles. The van der Waals surface area contributed by atoms with Gasteiger partial charge in [0.2, 0.25) is 0 Å². The highest BCUT2D eigenvalue weighted by atomic mass is 16.5. The summed E-state index contributed by atoms with van der Waals surface area (Å²) in [5.74, 6) is 2.28. The first kappa shape index (κ1) is 17.0. The third-order valence-corrected chi connectivity index (χ3v) is 3.78. The Hall–Kier alpha value is -2.79. The molecule has 0 fully saturated rings. The van der Waals surface area contributed by atoms with Crippen LogP contribution < -0.4 is 14.8 Å². The second-order valence-electron chi connectivity index (χ2n) is 5.79. The minimum absolute atomic E-state index is 0.506. The zero-order valence-electron chi connectivity index (χ0n) is 14.5. The monoisotopic (exact) mass is 338 g/mol. The number of rotatable bonds is 8. The second-order valence-corrected chi connectivity index (χ2v) is 5.79. The summed E-state index contributed by atoms with van der Waals surface area (Å²) < 4.78 is 16.4. The van der Waals surface area contributed by atoms with Crippen molar-refractivity contribution in [3.63, 3.8) is 0 Å². The zero-order valence-corrected chi connectivity index (χ0v) is 14.5. The van der Waals surface area contributed by atoms with E-state index in [1.165, 1.54) is 0 Å². The first-order valence-electron chi connectivity index (χ1n) is 8.21. The van der Waals surface area contributed by atoms with Crippen LogP contribution in [0, 0.1) is 6.92 Å². The largest absolute Gasteiger partial charge is 0.493 e. The van der Waals surface area contributed by atoms with Gasteiger partial charge in [-0.3, -0.25) is 0 Å². The fourth-order valence-electron chi connectivity index (χ4n) is 2.52. The molecule has 1 N–H and O–H groups in total. The molecule has 0 bridgehead atoms. The third kappa shape index (κ3) is 4.84. The summed E-state index contributed by atoms with van der Waals surface area (Å²) in [5.41, 5.74) is 3.13. The summed E-state index contributed by atoms with van der Waals surface area (Å²) in [6.07, 6.45) is 0. The lowest BCUT2D eigenvalue weighted by Crippen LogP contribution is -2.13. The summed E-state index contributed by atoms with van der Waals surface area (Å²) in [7, 11) is 1.65. The van der Waals surface area contributed by atoms with Crippen molar-refractivity contribution in [2.24, 2.45) is 0 Å². The molecule has 0 aliphatic heterocycles. The van der Waals surface area contributed by atoms with E-state index in [-0.39, 0.29) is 0 Å². The van der Waals surface area contributed by atoms with Gasteiger partial charge in [0.05, 0.1) is 12.8 Å². The molecule has 0 unspecified atom stereocenters. The molecular weight excluding hydrogens is 316 g/mol. The number of nitrogens with one attached hydrogen (secondary N) is 1. The predicted molar refractivity (Wildman–Crippen MR) is 95.6 cm³/mol. The van der Waals surface area contributed by atoms with Crippen LogP contribution in [0.25, 0.3) is 0 Å². The maximum Gasteiger partial charge on any atom is 0.161 e. The van der Waals surface area contributed by atoms with Gasteiger partial charge in [-0.1, -0.05) is 41.6 Å². The van der Waals surface area contributed by atoms with E-state index in [0.717, 1.165) is 34.1 Å². The Bertz CT molecular complexity index is 800. The lowest BCUT2D eigenvalue weighted by atomic mass is 10.2. The van der Waals surface area contributed by atoms with Gasteiger partial charge >= 0.3 is 0 Å². The average molecular weight is 338 g/mol. The molecule has 0 radical (unpaired) electrons. The normalized spacial score (nSPS) is 10.6. The Morgan fingerprint density at radius 2 is 1.80 bits per heavy atom. The first-order chi connectivity index (χ1) is 12.2. The maximum atomic E-state index is 5.94. The van der Waals surface area contributed by atoms with Crippen molar-refractivity contribution in [2.45, 2.75) is 26.6 Å². The van der Waals surface area contributed by atoms with Gasteiger partial charge in [-0.05, 0) is 30.2 Å². The molecule has 25 heavy (non-hydrogen) atoms. The maximum absolute atomic E-state index is 5.94. The van der Waals surface area contributed by atoms with Crippen molar-refractivity contribution in [1.29, 1.82) is 0 Å². The summed E-state index contributed by atoms with van der Waals surface area (Å²) in [6, 6.07) is 18.0. The fraction of sp³-hybridized carbons (Fsp3) is 0.250. The molecule has 130 valence electrons. The number of hydrogen-bond donors (Lipinski definition) is 1. The number of aryl methyl sites for hydroxylation is 1. The van der Waals surface area contributed by atoms with Gasteiger partial charge in [0, 0.05) is 19.2 Å². The van der Waals surface area contributed by atoms with Gasteiger partial charge in [-0.25, -0.2) is 0 Å². The summed E-state index contributed by atoms with van der Waals surface area (Å²) in [4.78, 5) is 0. The summed E-state index contributed by atoms with van der Waals surface area (Å²) in [5, 5.41) is 7.32. The van der Waals surface area contributed by atoms with E-state index in [0.29, 0.717) is 19.7 Å². The van der Waals surface area contributed by atoms with E-state index in [1.54, 1.807) is 7.11 Å². The Labute approximate surface area is 147 Å². The third-order valence-electron chi connectivity index (χ3n) is 3.78. The van der Waals surface area contributed by atoms with Crippen LogP contribution in [0.1, 0.15) is 22.6 Å². The topological polar surface area (TPSA) is 56.5 Å². The minimum atomic E-state index is 0.506. The van der Waals surface area contributed by atoms with Crippen LogP contribution in [0.4, 0.5) is 0 Å². The van der Waals surface area contributed by atoms with Crippen LogP contribution in [-0.2, 0) is 19.7 Å². The van der Waals surface area contributed by atoms with E-state index in [2.05, 4.69) is 10.5 Å². The molecule has 0 aliphatic carbocycles. The van der Waals surface area contributed by atoms with Crippen LogP contribution in [0.3, 0.4) is 0 Å². The van der Waals surface area contributed by atoms with Crippen molar-refractivity contribution < 1.29 is 14.0 Å². The molecular formula is C20H22N2O3. The van der Waals surface area contributed by atoms with Crippen molar-refractivity contribution in [2.75, 3.05) is 7.11 Å². The molecule has 1 aromatic heterocycles. The number of benzene rings is 2. The fourth-order valence-corrected chi connectivity index (χ4v) is 2.52. The average Bonchev–Trinajstić information content (AvgIpc) is 3.06. The van der Waals surface area contributed by atoms with Crippen LogP contribution in [0.2, 0.25) is 0 Å². The van der Waals surface area contributed by atoms with Gasteiger partial charge < -0.3 is 19.3 Å². The SMILES string of the molecule is COc1ccc(CNCc2cc(C)on2)cc1OCc1ccccc1. The molecule has 0 spiro atoms. The van der Waals surface area contributed by atoms with E-state index >= 15 is 0 Å². The van der Waals surface area contributed by atoms with Crippen molar-refractivity contribution in [3.05, 3.63) is 77.2 Å². The lowest BCUT2D eigenvalue weighted by molar-refractivity contribution is 0.284. The van der Waals surface area contributed by atoms with E-state index < -0.39 is 0 Å². The highest BCUT2D eigenvalue weighted by molar-refractivity contribution is 5.43. The molecule has 0 aliphatic rings. The second kappa shape index (κ2) is 8.35. The Morgan fingerprint density at radius 1 is 0.960 bits per heavy atom. The molecule has 3 rings (SSSR count). The van der Waals surface area contributed by atoms with E-state index in [9.17, 15) is 0 Å². The van der Waals surface area contributed by atoms with Crippen LogP contribution in [-0.4, -0.2) is 12.3 Å². The molecule has 0 atom stereocenters. The standard InChI is InChI=1S/C20H22N2O3/c1-15-10-18(22-25-15)13-21-12-17-8-9-19(23-2)20(11-17)24-14-16-6-4-3-5-7-16/h3-11,21H,12-14H2,1-2H3. The van der Waals surface area contributed by atoms with Crippen molar-refractivity contribution in [1.82, 2.24) is 10.5 Å². The van der Waals surface area contributed by atoms with Crippen LogP contribution in [0.5, 0.6) is 11.5 Å². The Morgan fingerprint density at radius 3 is 2.52 bits per heavy atom. The van der Waals surface area contributed by atoms with E-state index in [1.807, 2.05) is 61.5 Å². The van der Waals surface area contributed by atoms with Gasteiger partial charge in [-0.15, -0.1) is 0 Å². The molecule has 5 heteroatoms. The van der Waals surface area contributed by atoms with Gasteiger partial charge in [-0.2, -0.15) is 0 Å². The smallest absolute Gasteiger partial charge is 0.161 e. The number of methoxy groups -OCH3 is 1. The Kier molecular flexibility index (Phi) is 5.69. The van der Waals surface area contributed by atoms with Crippen LogP contribution >= 0.6 is 0 Å². The van der Waals surface area contributed by atoms with Gasteiger partial charge in [0.15, 0.2) is 11.5 Å². The minimum Gasteiger partial charge on any atom is -0.493 e. The zero-order chi connectivity index (χ0) is 17.5. The van der Waals surface area contributed by atoms with Crippen molar-refractivity contribution >= 4 is 0 Å². The number of hydrogen-bond acceptors (Lipinski definition) is 5. The van der Waals surface area contributed by atoms with E-state index in [4.69, 9.17) is 14.0 Å². The summed E-state index contributed by atoms with van der Waals surface area (Å²) >= 11 is 0. The van der Waals surface area contributed by atoms with Gasteiger partial charge in [0.25, 0.3) is 0 Å². The quantitative estimate of drug-likeness (QED) is 0.676. The highest BCUT2D eigenvalue weighted by Crippen LogP contribution is 2.28. The molecule has 1 heterocycles. The summed E-state index contributed by atoms with van der Waals surface area (Å²) in [6.45, 7) is 3.75. The number of aromatic nitrogens is 1.